The Morgan fingerprint density at radius 2 is 2.10 bits per heavy atom. The Kier molecular flexibility index (Phi) is 4.65. The second-order valence-corrected chi connectivity index (χ2v) is 4.93. The molecular weight excluding hydrogens is 303 g/mol. The van der Waals surface area contributed by atoms with Crippen LogP contribution in [0.4, 0.5) is 5.88 Å². The summed E-state index contributed by atoms with van der Waals surface area (Å²) in [5, 5.41) is 14.9. The Labute approximate surface area is 125 Å². The van der Waals surface area contributed by atoms with Crippen molar-refractivity contribution in [2.24, 2.45) is 0 Å². The summed E-state index contributed by atoms with van der Waals surface area (Å²) in [5.74, 6) is 0.115. The first-order valence-corrected chi connectivity index (χ1v) is 6.71. The zero-order valence-electron chi connectivity index (χ0n) is 10.6. The quantitative estimate of drug-likeness (QED) is 0.663. The highest BCUT2D eigenvalue weighted by Crippen LogP contribution is 2.32. The van der Waals surface area contributed by atoms with Crippen molar-refractivity contribution >= 4 is 29.1 Å². The van der Waals surface area contributed by atoms with Crippen LogP contribution in [0.3, 0.4) is 0 Å². The van der Waals surface area contributed by atoms with Gasteiger partial charge in [-0.05, 0) is 36.4 Å². The van der Waals surface area contributed by atoms with Crippen molar-refractivity contribution in [3.05, 3.63) is 61.8 Å². The molecule has 7 heteroatoms. The SMILES string of the molecule is CCNC(c1ccc([N+](=O)[O-])o1)c1cc(Cl)ccc1Cl. The third kappa shape index (κ3) is 3.12. The number of benzene rings is 1. The molecule has 1 aromatic heterocycles. The van der Waals surface area contributed by atoms with E-state index in [9.17, 15) is 10.1 Å². The maximum atomic E-state index is 10.7. The summed E-state index contributed by atoms with van der Waals surface area (Å²) in [6.45, 7) is 2.56. The second-order valence-electron chi connectivity index (χ2n) is 4.09. The molecule has 2 rings (SSSR count). The monoisotopic (exact) mass is 314 g/mol. The number of furan rings is 1. The largest absolute Gasteiger partial charge is 0.433 e. The Morgan fingerprint density at radius 3 is 2.70 bits per heavy atom. The number of hydrogen-bond donors (Lipinski definition) is 1. The van der Waals surface area contributed by atoms with E-state index in [2.05, 4.69) is 5.32 Å². The summed E-state index contributed by atoms with van der Waals surface area (Å²) >= 11 is 12.2. The molecule has 1 unspecified atom stereocenters. The number of nitrogens with one attached hydrogen (secondary N) is 1. The van der Waals surface area contributed by atoms with E-state index >= 15 is 0 Å². The molecule has 20 heavy (non-hydrogen) atoms. The number of nitrogens with zero attached hydrogens (tertiary/aromatic N) is 1. The number of rotatable bonds is 5. The van der Waals surface area contributed by atoms with Crippen molar-refractivity contribution in [1.29, 1.82) is 0 Å². The lowest BCUT2D eigenvalue weighted by atomic mass is 10.0. The van der Waals surface area contributed by atoms with E-state index in [1.54, 1.807) is 24.3 Å². The van der Waals surface area contributed by atoms with Gasteiger partial charge in [-0.3, -0.25) is 10.1 Å². The van der Waals surface area contributed by atoms with Gasteiger partial charge in [-0.25, -0.2) is 0 Å². The molecule has 1 aromatic carbocycles. The lowest BCUT2D eigenvalue weighted by Crippen LogP contribution is -2.21. The van der Waals surface area contributed by atoms with E-state index < -0.39 is 4.92 Å². The van der Waals surface area contributed by atoms with Crippen LogP contribution in [0.25, 0.3) is 0 Å². The summed E-state index contributed by atoms with van der Waals surface area (Å²) in [7, 11) is 0. The second kappa shape index (κ2) is 6.26. The van der Waals surface area contributed by atoms with Gasteiger partial charge in [-0.15, -0.1) is 0 Å². The lowest BCUT2D eigenvalue weighted by Gasteiger charge is -2.17. The van der Waals surface area contributed by atoms with Crippen molar-refractivity contribution in [1.82, 2.24) is 5.32 Å². The zero-order chi connectivity index (χ0) is 14.7. The first kappa shape index (κ1) is 14.8. The third-order valence-corrected chi connectivity index (χ3v) is 3.33. The molecule has 106 valence electrons. The molecule has 2 aromatic rings. The van der Waals surface area contributed by atoms with Crippen molar-refractivity contribution in [3.8, 4) is 0 Å². The Hall–Kier alpha value is -1.56. The fourth-order valence-electron chi connectivity index (χ4n) is 1.90. The minimum absolute atomic E-state index is 0.305. The van der Waals surface area contributed by atoms with E-state index in [1.807, 2.05) is 6.92 Å². The van der Waals surface area contributed by atoms with E-state index in [0.717, 1.165) is 0 Å². The molecule has 0 fully saturated rings. The van der Waals surface area contributed by atoms with Crippen LogP contribution in [0, 0.1) is 10.1 Å². The molecule has 0 saturated heterocycles. The molecule has 0 radical (unpaired) electrons. The summed E-state index contributed by atoms with van der Waals surface area (Å²) in [4.78, 5) is 10.1. The molecular formula is C13H12Cl2N2O3. The minimum Gasteiger partial charge on any atom is -0.404 e. The van der Waals surface area contributed by atoms with Gasteiger partial charge >= 0.3 is 5.88 Å². The highest BCUT2D eigenvalue weighted by atomic mass is 35.5. The minimum atomic E-state index is -0.577. The highest BCUT2D eigenvalue weighted by Gasteiger charge is 2.22. The van der Waals surface area contributed by atoms with Crippen LogP contribution in [0.1, 0.15) is 24.3 Å². The van der Waals surface area contributed by atoms with Gasteiger partial charge in [-0.2, -0.15) is 0 Å². The van der Waals surface area contributed by atoms with Gasteiger partial charge in [-0.1, -0.05) is 30.1 Å². The van der Waals surface area contributed by atoms with Gasteiger partial charge in [0.2, 0.25) is 0 Å². The highest BCUT2D eigenvalue weighted by molar-refractivity contribution is 6.33. The van der Waals surface area contributed by atoms with Crippen LogP contribution in [0.15, 0.2) is 34.7 Å². The standard InChI is InChI=1S/C13H12Cl2N2O3/c1-2-16-13(9-7-8(14)3-4-10(9)15)11-5-6-12(20-11)17(18)19/h3-7,13,16H,2H2,1H3. The van der Waals surface area contributed by atoms with Crippen LogP contribution in [-0.4, -0.2) is 11.5 Å². The Bertz CT molecular complexity index is 628. The van der Waals surface area contributed by atoms with Crippen molar-refractivity contribution in [2.75, 3.05) is 6.54 Å². The molecule has 0 aliphatic heterocycles. The molecule has 1 N–H and O–H groups in total. The van der Waals surface area contributed by atoms with E-state index in [0.29, 0.717) is 27.9 Å². The fraction of sp³-hybridized carbons (Fsp3) is 0.231. The van der Waals surface area contributed by atoms with Gasteiger partial charge in [0.25, 0.3) is 0 Å². The van der Waals surface area contributed by atoms with E-state index in [1.165, 1.54) is 6.07 Å². The number of halogens is 2. The van der Waals surface area contributed by atoms with E-state index in [4.69, 9.17) is 27.6 Å². The topological polar surface area (TPSA) is 68.3 Å². The van der Waals surface area contributed by atoms with Gasteiger partial charge in [0, 0.05) is 10.0 Å². The molecule has 0 spiro atoms. The summed E-state index contributed by atoms with van der Waals surface area (Å²) in [5.41, 5.74) is 0.713. The average molecular weight is 315 g/mol. The van der Waals surface area contributed by atoms with Crippen LogP contribution in [-0.2, 0) is 0 Å². The summed E-state index contributed by atoms with van der Waals surface area (Å²) in [6, 6.07) is 7.56. The summed E-state index contributed by atoms with van der Waals surface area (Å²) in [6.07, 6.45) is 0. The lowest BCUT2D eigenvalue weighted by molar-refractivity contribution is -0.402. The molecule has 0 bridgehead atoms. The Balaban J connectivity index is 2.44. The molecule has 0 aliphatic carbocycles. The predicted molar refractivity (Wildman–Crippen MR) is 77.3 cm³/mol. The molecule has 1 atom stereocenters. The van der Waals surface area contributed by atoms with Crippen molar-refractivity contribution in [2.45, 2.75) is 13.0 Å². The number of hydrogen-bond acceptors (Lipinski definition) is 4. The van der Waals surface area contributed by atoms with Crippen molar-refractivity contribution in [3.63, 3.8) is 0 Å². The predicted octanol–water partition coefficient (Wildman–Crippen LogP) is 4.19. The molecule has 5 nitrogen and oxygen atoms in total. The van der Waals surface area contributed by atoms with Gasteiger partial charge in [0.1, 0.15) is 10.7 Å². The molecule has 0 aliphatic rings. The van der Waals surface area contributed by atoms with Crippen molar-refractivity contribution < 1.29 is 9.34 Å². The first-order chi connectivity index (χ1) is 9.52. The molecule has 1 heterocycles. The van der Waals surface area contributed by atoms with Gasteiger partial charge in [0.15, 0.2) is 0 Å². The average Bonchev–Trinajstić information content (AvgIpc) is 2.89. The number of nitro groups is 1. The van der Waals surface area contributed by atoms with Crippen LogP contribution in [0.2, 0.25) is 10.0 Å². The Morgan fingerprint density at radius 1 is 1.35 bits per heavy atom. The third-order valence-electron chi connectivity index (χ3n) is 2.75. The van der Waals surface area contributed by atoms with Gasteiger partial charge in [0.05, 0.1) is 12.1 Å². The summed E-state index contributed by atoms with van der Waals surface area (Å²) < 4.78 is 5.25. The van der Waals surface area contributed by atoms with Crippen LogP contribution < -0.4 is 5.32 Å². The van der Waals surface area contributed by atoms with Crippen LogP contribution >= 0.6 is 23.2 Å². The van der Waals surface area contributed by atoms with E-state index in [-0.39, 0.29) is 11.9 Å². The smallest absolute Gasteiger partial charge is 0.404 e. The maximum Gasteiger partial charge on any atom is 0.433 e. The first-order valence-electron chi connectivity index (χ1n) is 5.95. The van der Waals surface area contributed by atoms with Gasteiger partial charge < -0.3 is 9.73 Å². The fourth-order valence-corrected chi connectivity index (χ4v) is 2.31. The maximum absolute atomic E-state index is 10.7. The van der Waals surface area contributed by atoms with Crippen LogP contribution in [0.5, 0.6) is 0 Å². The molecule has 0 saturated carbocycles. The molecule has 0 amide bonds. The normalized spacial score (nSPS) is 12.3. The zero-order valence-corrected chi connectivity index (χ0v) is 12.1.